The van der Waals surface area contributed by atoms with Crippen molar-refractivity contribution in [2.24, 2.45) is 11.7 Å². The highest BCUT2D eigenvalue weighted by Crippen LogP contribution is 2.10. The van der Waals surface area contributed by atoms with Gasteiger partial charge in [-0.1, -0.05) is 32.4 Å². The molecule has 1 aromatic rings. The van der Waals surface area contributed by atoms with Crippen molar-refractivity contribution in [3.05, 3.63) is 42.0 Å². The fraction of sp³-hybridized carbons (Fsp3) is 0.533. The minimum absolute atomic E-state index is 0.115. The average molecular weight is 605 g/mol. The first-order valence-corrected chi connectivity index (χ1v) is 14.3. The highest BCUT2D eigenvalue weighted by Gasteiger charge is 2.26. The van der Waals surface area contributed by atoms with Crippen molar-refractivity contribution >= 4 is 42.0 Å². The summed E-state index contributed by atoms with van der Waals surface area (Å²) >= 11 is 0. The van der Waals surface area contributed by atoms with E-state index in [1.54, 1.807) is 0 Å². The molecule has 43 heavy (non-hydrogen) atoms. The maximum Gasteiger partial charge on any atom is 0.253 e. The fourth-order valence-electron chi connectivity index (χ4n) is 3.89. The topological polar surface area (TPSA) is 200 Å². The van der Waals surface area contributed by atoms with Gasteiger partial charge >= 0.3 is 0 Å². The SMILES string of the molecule is CNCCCC(C=O)NC(=O)C(NC(=O)CCCCCN1C(=O)C=CC1=O)C(C)C.CNc1ccc(CO)cc1.NC=O. The number of benzene rings is 1. The van der Waals surface area contributed by atoms with Crippen molar-refractivity contribution in [3.8, 4) is 0 Å². The maximum atomic E-state index is 12.5. The summed E-state index contributed by atoms with van der Waals surface area (Å²) in [7, 11) is 3.69. The number of imide groups is 1. The Hall–Kier alpha value is -4.10. The van der Waals surface area contributed by atoms with Gasteiger partial charge < -0.3 is 36.9 Å². The van der Waals surface area contributed by atoms with Crippen LogP contribution in [0.2, 0.25) is 0 Å². The molecule has 13 heteroatoms. The maximum absolute atomic E-state index is 12.5. The lowest BCUT2D eigenvalue weighted by molar-refractivity contribution is -0.137. The molecular weight excluding hydrogens is 556 g/mol. The first-order valence-electron chi connectivity index (χ1n) is 14.3. The Morgan fingerprint density at radius 3 is 2.05 bits per heavy atom. The number of nitrogens with zero attached hydrogens (tertiary/aromatic N) is 1. The lowest BCUT2D eigenvalue weighted by atomic mass is 10.0. The van der Waals surface area contributed by atoms with Crippen molar-refractivity contribution in [3.63, 3.8) is 0 Å². The predicted molar refractivity (Wildman–Crippen MR) is 164 cm³/mol. The molecule has 1 aliphatic rings. The van der Waals surface area contributed by atoms with E-state index in [1.807, 2.05) is 52.2 Å². The molecule has 2 rings (SSSR count). The van der Waals surface area contributed by atoms with Gasteiger partial charge in [-0.05, 0) is 62.9 Å². The molecule has 0 aromatic heterocycles. The first-order chi connectivity index (χ1) is 20.6. The monoisotopic (exact) mass is 604 g/mol. The average Bonchev–Trinajstić information content (AvgIpc) is 3.32. The number of aldehydes is 1. The van der Waals surface area contributed by atoms with E-state index in [1.165, 1.54) is 17.1 Å². The molecule has 0 fully saturated rings. The molecular formula is C30H48N6O7. The lowest BCUT2D eigenvalue weighted by Crippen LogP contribution is -2.52. The molecule has 0 aliphatic carbocycles. The van der Waals surface area contributed by atoms with Gasteiger partial charge in [0, 0.05) is 37.9 Å². The Morgan fingerprint density at radius 1 is 0.953 bits per heavy atom. The van der Waals surface area contributed by atoms with Gasteiger partial charge in [-0.2, -0.15) is 0 Å². The van der Waals surface area contributed by atoms with Crippen LogP contribution >= 0.6 is 0 Å². The number of hydrogen-bond donors (Lipinski definition) is 6. The van der Waals surface area contributed by atoms with Crippen LogP contribution in [0, 0.1) is 5.92 Å². The number of anilines is 1. The number of nitrogens with two attached hydrogens (primary N) is 1. The van der Waals surface area contributed by atoms with Crippen LogP contribution in [0.3, 0.4) is 0 Å². The zero-order chi connectivity index (χ0) is 32.6. The second-order valence-corrected chi connectivity index (χ2v) is 10.00. The van der Waals surface area contributed by atoms with Crippen molar-refractivity contribution in [1.29, 1.82) is 0 Å². The van der Waals surface area contributed by atoms with E-state index in [0.717, 1.165) is 30.5 Å². The van der Waals surface area contributed by atoms with Crippen LogP contribution in [-0.4, -0.2) is 85.6 Å². The van der Waals surface area contributed by atoms with Gasteiger partial charge in [0.1, 0.15) is 12.3 Å². The molecule has 1 aliphatic heterocycles. The van der Waals surface area contributed by atoms with E-state index in [9.17, 15) is 24.0 Å². The summed E-state index contributed by atoms with van der Waals surface area (Å²) in [6.07, 6.45) is 6.90. The fourth-order valence-corrected chi connectivity index (χ4v) is 3.89. The van der Waals surface area contributed by atoms with E-state index in [-0.39, 0.29) is 49.0 Å². The zero-order valence-corrected chi connectivity index (χ0v) is 25.6. The number of primary amides is 1. The summed E-state index contributed by atoms with van der Waals surface area (Å²) in [5, 5.41) is 20.1. The van der Waals surface area contributed by atoms with Crippen LogP contribution in [-0.2, 0) is 35.4 Å². The highest BCUT2D eigenvalue weighted by molar-refractivity contribution is 6.12. The molecule has 0 saturated carbocycles. The molecule has 7 N–H and O–H groups in total. The minimum atomic E-state index is -0.713. The number of unbranched alkanes of at least 4 members (excludes halogenated alkanes) is 2. The van der Waals surface area contributed by atoms with Gasteiger partial charge in [0.15, 0.2) is 0 Å². The summed E-state index contributed by atoms with van der Waals surface area (Å²) in [5.41, 5.74) is 6.18. The van der Waals surface area contributed by atoms with Crippen molar-refractivity contribution in [2.45, 2.75) is 71.1 Å². The Labute approximate surface area is 254 Å². The lowest BCUT2D eigenvalue weighted by Gasteiger charge is -2.23. The molecule has 0 radical (unpaired) electrons. The number of carbonyl (C=O) groups excluding carboxylic acids is 6. The summed E-state index contributed by atoms with van der Waals surface area (Å²) < 4.78 is 0. The Bertz CT molecular complexity index is 989. The van der Waals surface area contributed by atoms with E-state index in [4.69, 9.17) is 9.90 Å². The summed E-state index contributed by atoms with van der Waals surface area (Å²) in [6.45, 7) is 4.87. The first kappa shape index (κ1) is 38.9. The number of nitrogens with one attached hydrogen (secondary N) is 4. The Kier molecular flexibility index (Phi) is 21.2. The van der Waals surface area contributed by atoms with Crippen LogP contribution in [0.15, 0.2) is 36.4 Å². The standard InChI is InChI=1S/C21H34N4O5.C8H11NO.CH3NO/c1-15(2)20(21(30)23-16(14-26)8-7-12-22-3)24-17(27)9-5-4-6-13-25-18(28)10-11-19(25)29;1-9-8-4-2-7(6-10)3-5-8;2-1-3/h10-11,14-16,20,22H,4-9,12-13H2,1-3H3,(H,23,30)(H,24,27);2-5,9-10H,6H2,1H3;1H,(H2,2,3). The summed E-state index contributed by atoms with van der Waals surface area (Å²) in [5.74, 6) is -1.33. The van der Waals surface area contributed by atoms with Gasteiger partial charge in [-0.25, -0.2) is 0 Å². The third-order valence-electron chi connectivity index (χ3n) is 6.31. The van der Waals surface area contributed by atoms with Crippen molar-refractivity contribution < 1.29 is 33.9 Å². The van der Waals surface area contributed by atoms with Crippen LogP contribution in [0.25, 0.3) is 0 Å². The van der Waals surface area contributed by atoms with E-state index in [0.29, 0.717) is 32.2 Å². The van der Waals surface area contributed by atoms with Gasteiger partial charge in [0.05, 0.1) is 12.6 Å². The molecule has 0 spiro atoms. The normalized spacial score (nSPS) is 13.2. The zero-order valence-electron chi connectivity index (χ0n) is 25.6. The van der Waals surface area contributed by atoms with E-state index < -0.39 is 12.1 Å². The molecule has 0 saturated heterocycles. The molecule has 1 aromatic carbocycles. The highest BCUT2D eigenvalue weighted by atomic mass is 16.3. The Balaban J connectivity index is 0.00000112. The van der Waals surface area contributed by atoms with Gasteiger partial charge in [0.25, 0.3) is 11.8 Å². The summed E-state index contributed by atoms with van der Waals surface area (Å²) in [4.78, 5) is 68.7. The second-order valence-electron chi connectivity index (χ2n) is 10.00. The smallest absolute Gasteiger partial charge is 0.253 e. The number of rotatable bonds is 17. The number of amides is 5. The number of aliphatic hydroxyl groups excluding tert-OH is 1. The van der Waals surface area contributed by atoms with Crippen molar-refractivity contribution in [2.75, 3.05) is 32.5 Å². The quantitative estimate of drug-likeness (QED) is 0.0838. The van der Waals surface area contributed by atoms with Gasteiger partial charge in [-0.15, -0.1) is 0 Å². The predicted octanol–water partition coefficient (Wildman–Crippen LogP) is 0.618. The van der Waals surface area contributed by atoms with Crippen LogP contribution in [0.1, 0.15) is 57.9 Å². The largest absolute Gasteiger partial charge is 0.392 e. The second kappa shape index (κ2) is 23.5. The number of carbonyl (C=O) groups is 6. The Morgan fingerprint density at radius 2 is 1.56 bits per heavy atom. The summed E-state index contributed by atoms with van der Waals surface area (Å²) in [6, 6.07) is 6.37. The van der Waals surface area contributed by atoms with Crippen LogP contribution < -0.4 is 27.0 Å². The van der Waals surface area contributed by atoms with Crippen molar-refractivity contribution in [1.82, 2.24) is 20.9 Å². The van der Waals surface area contributed by atoms with Crippen LogP contribution in [0.5, 0.6) is 0 Å². The van der Waals surface area contributed by atoms with E-state index >= 15 is 0 Å². The van der Waals surface area contributed by atoms with E-state index in [2.05, 4.69) is 27.0 Å². The molecule has 240 valence electrons. The molecule has 0 bridgehead atoms. The van der Waals surface area contributed by atoms with Gasteiger partial charge in [-0.3, -0.25) is 28.9 Å². The molecule has 1 heterocycles. The third-order valence-corrected chi connectivity index (χ3v) is 6.31. The number of aliphatic hydroxyl groups is 1. The third kappa shape index (κ3) is 16.8. The number of hydrogen-bond acceptors (Lipinski definition) is 9. The minimum Gasteiger partial charge on any atom is -0.392 e. The van der Waals surface area contributed by atoms with Crippen LogP contribution in [0.4, 0.5) is 5.69 Å². The molecule has 5 amide bonds. The molecule has 2 atom stereocenters. The molecule has 13 nitrogen and oxygen atoms in total. The van der Waals surface area contributed by atoms with Gasteiger partial charge in [0.2, 0.25) is 18.2 Å². The molecule has 2 unspecified atom stereocenters.